The quantitative estimate of drug-likeness (QED) is 0.457. The number of ketones is 2. The Morgan fingerprint density at radius 3 is 2.00 bits per heavy atom. The van der Waals surface area contributed by atoms with E-state index in [4.69, 9.17) is 0 Å². The summed E-state index contributed by atoms with van der Waals surface area (Å²) in [6.45, 7) is 1.23. The molecule has 56 valence electrons. The molecule has 0 unspecified atom stereocenters. The van der Waals surface area contributed by atoms with Crippen molar-refractivity contribution in [2.45, 2.75) is 19.8 Å². The Bertz CT molecular complexity index is 153. The molecule has 0 bridgehead atoms. The zero-order valence-corrected chi connectivity index (χ0v) is 5.55. The van der Waals surface area contributed by atoms with Crippen molar-refractivity contribution in [1.82, 2.24) is 0 Å². The largest absolute Gasteiger partial charge is 0.550 e. The van der Waals surface area contributed by atoms with E-state index in [0.29, 0.717) is 0 Å². The highest BCUT2D eigenvalue weighted by Gasteiger charge is 2.04. The molecule has 0 amide bonds. The predicted molar refractivity (Wildman–Crippen MR) is 29.9 cm³/mol. The second kappa shape index (κ2) is 3.76. The van der Waals surface area contributed by atoms with Crippen LogP contribution in [0.2, 0.25) is 0 Å². The van der Waals surface area contributed by atoms with Crippen molar-refractivity contribution >= 4 is 17.5 Å². The smallest absolute Gasteiger partial charge is 0.145 e. The van der Waals surface area contributed by atoms with Crippen LogP contribution in [0, 0.1) is 0 Å². The molecule has 0 saturated heterocycles. The van der Waals surface area contributed by atoms with Gasteiger partial charge in [0, 0.05) is 12.4 Å². The molecule has 0 N–H and O–H groups in total. The maximum atomic E-state index is 10.4. The van der Waals surface area contributed by atoms with Gasteiger partial charge in [-0.25, -0.2) is 0 Å². The van der Waals surface area contributed by atoms with Gasteiger partial charge in [0.15, 0.2) is 0 Å². The van der Waals surface area contributed by atoms with Crippen molar-refractivity contribution < 1.29 is 19.5 Å². The average Bonchev–Trinajstić information content (AvgIpc) is 1.58. The van der Waals surface area contributed by atoms with E-state index < -0.39 is 18.2 Å². The van der Waals surface area contributed by atoms with Gasteiger partial charge >= 0.3 is 0 Å². The minimum Gasteiger partial charge on any atom is -0.550 e. The molecule has 0 atom stereocenters. The Kier molecular flexibility index (Phi) is 3.32. The van der Waals surface area contributed by atoms with Crippen LogP contribution in [0.3, 0.4) is 0 Å². The number of carbonyl (C=O) groups excluding carboxylic acids is 3. The minimum absolute atomic E-state index is 0.312. The van der Waals surface area contributed by atoms with Crippen LogP contribution < -0.4 is 5.11 Å². The zero-order chi connectivity index (χ0) is 8.15. The van der Waals surface area contributed by atoms with Crippen LogP contribution in [-0.4, -0.2) is 17.5 Å². The van der Waals surface area contributed by atoms with Crippen molar-refractivity contribution in [1.29, 1.82) is 0 Å². The highest BCUT2D eigenvalue weighted by Crippen LogP contribution is 1.88. The first-order valence-electron chi connectivity index (χ1n) is 2.73. The maximum absolute atomic E-state index is 10.4. The van der Waals surface area contributed by atoms with Crippen LogP contribution >= 0.6 is 0 Å². The molecule has 0 saturated carbocycles. The third-order valence-corrected chi connectivity index (χ3v) is 0.788. The molecule has 0 heterocycles. The third-order valence-electron chi connectivity index (χ3n) is 0.788. The molecule has 4 heteroatoms. The summed E-state index contributed by atoms with van der Waals surface area (Å²) in [7, 11) is 0. The molecule has 0 aromatic heterocycles. The number of carbonyl (C=O) groups is 3. The molecule has 0 fully saturated rings. The lowest BCUT2D eigenvalue weighted by atomic mass is 10.2. The Hall–Kier alpha value is -1.19. The van der Waals surface area contributed by atoms with Gasteiger partial charge in [0.25, 0.3) is 0 Å². The van der Waals surface area contributed by atoms with E-state index in [1.165, 1.54) is 6.92 Å². The number of rotatable bonds is 4. The predicted octanol–water partition coefficient (Wildman–Crippen LogP) is -1.33. The highest BCUT2D eigenvalue weighted by molar-refractivity contribution is 6.04. The van der Waals surface area contributed by atoms with E-state index in [2.05, 4.69) is 0 Å². The van der Waals surface area contributed by atoms with Crippen molar-refractivity contribution in [2.24, 2.45) is 0 Å². The summed E-state index contributed by atoms with van der Waals surface area (Å²) in [5.74, 6) is -2.37. The second-order valence-corrected chi connectivity index (χ2v) is 1.97. The van der Waals surface area contributed by atoms with Gasteiger partial charge in [0.2, 0.25) is 0 Å². The first-order chi connectivity index (χ1) is 4.52. The number of aliphatic carboxylic acids is 1. The van der Waals surface area contributed by atoms with Crippen molar-refractivity contribution in [3.05, 3.63) is 0 Å². The lowest BCUT2D eigenvalue weighted by molar-refractivity contribution is -0.304. The molecule has 0 spiro atoms. The molecule has 4 nitrogen and oxygen atoms in total. The molecule has 0 aliphatic heterocycles. The van der Waals surface area contributed by atoms with E-state index in [1.807, 2.05) is 0 Å². The van der Waals surface area contributed by atoms with Gasteiger partial charge in [-0.15, -0.1) is 0 Å². The van der Waals surface area contributed by atoms with Crippen LogP contribution in [0.4, 0.5) is 0 Å². The van der Waals surface area contributed by atoms with Gasteiger partial charge < -0.3 is 9.90 Å². The van der Waals surface area contributed by atoms with Gasteiger partial charge in [-0.3, -0.25) is 9.59 Å². The second-order valence-electron chi connectivity index (χ2n) is 1.97. The fourth-order valence-corrected chi connectivity index (χ4v) is 0.501. The topological polar surface area (TPSA) is 74.3 Å². The molecule has 10 heavy (non-hydrogen) atoms. The lowest BCUT2D eigenvalue weighted by Crippen LogP contribution is -2.25. The highest BCUT2D eigenvalue weighted by atomic mass is 16.4. The summed E-state index contributed by atoms with van der Waals surface area (Å²) < 4.78 is 0. The lowest BCUT2D eigenvalue weighted by Gasteiger charge is -1.97. The van der Waals surface area contributed by atoms with Crippen LogP contribution in [0.1, 0.15) is 19.8 Å². The van der Waals surface area contributed by atoms with E-state index in [0.717, 1.165) is 0 Å². The maximum Gasteiger partial charge on any atom is 0.145 e. The summed E-state index contributed by atoms with van der Waals surface area (Å²) in [5, 5.41) is 9.75. The fourth-order valence-electron chi connectivity index (χ4n) is 0.501. The zero-order valence-electron chi connectivity index (χ0n) is 5.55. The fraction of sp³-hybridized carbons (Fsp3) is 0.500. The van der Waals surface area contributed by atoms with Gasteiger partial charge in [0.1, 0.15) is 11.6 Å². The summed E-state index contributed by atoms with van der Waals surface area (Å²) in [5.41, 5.74) is 0. The van der Waals surface area contributed by atoms with E-state index in [1.54, 1.807) is 0 Å². The van der Waals surface area contributed by atoms with Crippen molar-refractivity contribution in [3.63, 3.8) is 0 Å². The Labute approximate surface area is 57.8 Å². The summed E-state index contributed by atoms with van der Waals surface area (Å²) >= 11 is 0. The minimum atomic E-state index is -1.44. The number of carboxylic acid groups (broad SMARTS) is 1. The number of hydrogen-bond donors (Lipinski definition) is 0. The summed E-state index contributed by atoms with van der Waals surface area (Å²) in [6, 6.07) is 0. The Balaban J connectivity index is 3.65. The van der Waals surface area contributed by atoms with Crippen LogP contribution in [0.5, 0.6) is 0 Å². The molecular formula is C6H7O4-. The number of carboxylic acids is 1. The standard InChI is InChI=1S/C6H8O4/c1-4(7)2-5(8)3-6(9)10/h2-3H2,1H3,(H,9,10)/p-1. The number of Topliss-reactive ketones (excluding diaryl/α,β-unsaturated/α-hetero) is 2. The molecule has 0 aromatic carbocycles. The van der Waals surface area contributed by atoms with E-state index >= 15 is 0 Å². The normalized spacial score (nSPS) is 8.90. The van der Waals surface area contributed by atoms with E-state index in [-0.39, 0.29) is 12.2 Å². The molecule has 0 aromatic rings. The van der Waals surface area contributed by atoms with Gasteiger partial charge in [-0.05, 0) is 6.92 Å². The summed E-state index contributed by atoms with van der Waals surface area (Å²) in [4.78, 5) is 30.4. The molecular weight excluding hydrogens is 136 g/mol. The van der Waals surface area contributed by atoms with Crippen LogP contribution in [-0.2, 0) is 14.4 Å². The van der Waals surface area contributed by atoms with Crippen molar-refractivity contribution in [3.8, 4) is 0 Å². The van der Waals surface area contributed by atoms with E-state index in [9.17, 15) is 19.5 Å². The van der Waals surface area contributed by atoms with Gasteiger partial charge in [-0.1, -0.05) is 0 Å². The SMILES string of the molecule is CC(=O)CC(=O)CC(=O)[O-]. The first-order valence-corrected chi connectivity index (χ1v) is 2.73. The first kappa shape index (κ1) is 8.81. The molecule has 0 rings (SSSR count). The van der Waals surface area contributed by atoms with Crippen LogP contribution in [0.25, 0.3) is 0 Å². The van der Waals surface area contributed by atoms with Gasteiger partial charge in [0.05, 0.1) is 6.42 Å². The molecule has 0 aliphatic carbocycles. The average molecular weight is 143 g/mol. The van der Waals surface area contributed by atoms with Crippen molar-refractivity contribution in [2.75, 3.05) is 0 Å². The third kappa shape index (κ3) is 4.96. The Morgan fingerprint density at radius 2 is 1.70 bits per heavy atom. The molecule has 0 aliphatic rings. The monoisotopic (exact) mass is 143 g/mol. The van der Waals surface area contributed by atoms with Gasteiger partial charge in [-0.2, -0.15) is 0 Å². The Morgan fingerprint density at radius 1 is 1.20 bits per heavy atom. The van der Waals surface area contributed by atoms with Crippen LogP contribution in [0.15, 0.2) is 0 Å². The number of hydrogen-bond acceptors (Lipinski definition) is 4. The summed E-state index contributed by atoms with van der Waals surface area (Å²) in [6.07, 6.45) is -0.979. The molecule has 0 radical (unpaired) electrons.